The van der Waals surface area contributed by atoms with Crippen molar-refractivity contribution in [2.75, 3.05) is 13.1 Å². The lowest BCUT2D eigenvalue weighted by atomic mass is 9.85. The molecule has 2 aliphatic rings. The minimum Gasteiger partial charge on any atom is -0.350 e. The van der Waals surface area contributed by atoms with Crippen LogP contribution in [0.15, 0.2) is 42.1 Å². The van der Waals surface area contributed by atoms with Crippen molar-refractivity contribution in [2.24, 2.45) is 10.9 Å². The van der Waals surface area contributed by atoms with Crippen LogP contribution in [0.4, 0.5) is 17.6 Å². The third kappa shape index (κ3) is 3.34. The number of halogens is 4. The number of imidazole rings is 1. The van der Waals surface area contributed by atoms with Gasteiger partial charge in [-0.05, 0) is 18.4 Å². The molecular weight excluding hydrogens is 428 g/mol. The molecule has 5 rings (SSSR count). The highest BCUT2D eigenvalue weighted by atomic mass is 19.4. The third-order valence-corrected chi connectivity index (χ3v) is 5.95. The van der Waals surface area contributed by atoms with Crippen molar-refractivity contribution in [1.29, 1.82) is 0 Å². The van der Waals surface area contributed by atoms with Crippen molar-refractivity contribution in [1.82, 2.24) is 34.8 Å². The van der Waals surface area contributed by atoms with Gasteiger partial charge >= 0.3 is 6.18 Å². The lowest BCUT2D eigenvalue weighted by Gasteiger charge is -2.47. The van der Waals surface area contributed by atoms with Crippen molar-refractivity contribution in [2.45, 2.75) is 31.2 Å². The Balaban J connectivity index is 1.61. The Hall–Kier alpha value is -3.28. The van der Waals surface area contributed by atoms with Crippen LogP contribution in [0.1, 0.15) is 36.2 Å². The monoisotopic (exact) mass is 448 g/mol. The molecule has 168 valence electrons. The fourth-order valence-corrected chi connectivity index (χ4v) is 4.57. The van der Waals surface area contributed by atoms with Crippen molar-refractivity contribution >= 4 is 11.9 Å². The Bertz CT molecular complexity index is 1200. The van der Waals surface area contributed by atoms with E-state index in [0.29, 0.717) is 24.3 Å². The molecule has 0 saturated carbocycles. The molecule has 32 heavy (non-hydrogen) atoms. The normalized spacial score (nSPS) is 26.5. The number of piperidine rings is 1. The van der Waals surface area contributed by atoms with E-state index in [1.165, 1.54) is 10.6 Å². The molecule has 3 atom stereocenters. The first kappa shape index (κ1) is 20.6. The number of aromatic amines is 1. The molecule has 0 spiro atoms. The lowest BCUT2D eigenvalue weighted by molar-refractivity contribution is -0.141. The number of aromatic nitrogens is 5. The number of nitrogens with one attached hydrogen (secondary N) is 2. The summed E-state index contributed by atoms with van der Waals surface area (Å²) in [6.45, 7) is 3.06. The number of fused-ring (bicyclic) bond motifs is 1. The van der Waals surface area contributed by atoms with Gasteiger partial charge in [0.2, 0.25) is 11.7 Å². The van der Waals surface area contributed by atoms with E-state index in [0.717, 1.165) is 18.8 Å². The van der Waals surface area contributed by atoms with Gasteiger partial charge in [-0.2, -0.15) is 17.6 Å². The van der Waals surface area contributed by atoms with Gasteiger partial charge in [-0.15, -0.1) is 5.10 Å². The Morgan fingerprint density at radius 3 is 2.72 bits per heavy atom. The quantitative estimate of drug-likeness (QED) is 0.602. The van der Waals surface area contributed by atoms with Gasteiger partial charge in [0.1, 0.15) is 5.69 Å². The van der Waals surface area contributed by atoms with Gasteiger partial charge in [0.05, 0.1) is 12.4 Å². The second-order valence-corrected chi connectivity index (χ2v) is 8.17. The smallest absolute Gasteiger partial charge is 0.350 e. The molecule has 0 amide bonds. The van der Waals surface area contributed by atoms with E-state index in [1.54, 1.807) is 24.7 Å². The Labute approximate surface area is 180 Å². The predicted molar refractivity (Wildman–Crippen MR) is 107 cm³/mol. The highest BCUT2D eigenvalue weighted by Crippen LogP contribution is 2.39. The Morgan fingerprint density at radius 1 is 1.19 bits per heavy atom. The maximum absolute atomic E-state index is 14.2. The molecule has 0 aromatic carbocycles. The van der Waals surface area contributed by atoms with Crippen LogP contribution in [-0.2, 0) is 12.0 Å². The molecule has 2 aliphatic heterocycles. The summed E-state index contributed by atoms with van der Waals surface area (Å²) >= 11 is 0. The van der Waals surface area contributed by atoms with Crippen LogP contribution in [-0.4, -0.2) is 48.8 Å². The van der Waals surface area contributed by atoms with E-state index in [1.807, 2.05) is 11.8 Å². The van der Waals surface area contributed by atoms with Crippen molar-refractivity contribution in [3.63, 3.8) is 0 Å². The molecule has 1 saturated heterocycles. The molecule has 0 radical (unpaired) electrons. The number of hydrogen-bond donors (Lipinski definition) is 2. The minimum atomic E-state index is -4.60. The van der Waals surface area contributed by atoms with E-state index in [-0.39, 0.29) is 17.5 Å². The number of aliphatic imine (C=N–C) groups is 1. The van der Waals surface area contributed by atoms with Crippen LogP contribution in [0.5, 0.6) is 0 Å². The number of nitrogens with zero attached hydrogens (tertiary/aromatic N) is 6. The van der Waals surface area contributed by atoms with E-state index < -0.39 is 23.6 Å². The van der Waals surface area contributed by atoms with Crippen LogP contribution in [0, 0.1) is 11.9 Å². The molecular formula is C20H20F4N8. The Kier molecular flexibility index (Phi) is 4.77. The fourth-order valence-electron chi connectivity index (χ4n) is 4.57. The molecule has 1 unspecified atom stereocenters. The highest BCUT2D eigenvalue weighted by molar-refractivity contribution is 5.72. The maximum atomic E-state index is 14.2. The number of rotatable bonds is 3. The summed E-state index contributed by atoms with van der Waals surface area (Å²) < 4.78 is 55.6. The summed E-state index contributed by atoms with van der Waals surface area (Å²) in [6, 6.07) is 0. The van der Waals surface area contributed by atoms with Crippen LogP contribution in [0.3, 0.4) is 0 Å². The van der Waals surface area contributed by atoms with Crippen molar-refractivity contribution in [3.05, 3.63) is 60.0 Å². The highest BCUT2D eigenvalue weighted by Gasteiger charge is 2.45. The number of allylic oxidation sites excluding steroid dienone is 1. The first-order valence-corrected chi connectivity index (χ1v) is 10.1. The maximum Gasteiger partial charge on any atom is 0.434 e. The fraction of sp³-hybridized carbons (Fsp3) is 0.400. The van der Waals surface area contributed by atoms with Gasteiger partial charge in [-0.1, -0.05) is 6.92 Å². The molecule has 1 fully saturated rings. The van der Waals surface area contributed by atoms with Crippen molar-refractivity contribution in [3.8, 4) is 0 Å². The van der Waals surface area contributed by atoms with E-state index in [9.17, 15) is 17.6 Å². The molecule has 2 N–H and O–H groups in total. The Morgan fingerprint density at radius 2 is 2.03 bits per heavy atom. The van der Waals surface area contributed by atoms with Crippen LogP contribution >= 0.6 is 0 Å². The summed E-state index contributed by atoms with van der Waals surface area (Å²) in [7, 11) is 0. The lowest BCUT2D eigenvalue weighted by Crippen LogP contribution is -2.58. The zero-order valence-electron chi connectivity index (χ0n) is 17.0. The number of alkyl halides is 3. The summed E-state index contributed by atoms with van der Waals surface area (Å²) in [6.07, 6.45) is 6.18. The number of likely N-dealkylation sites (tertiary alicyclic amines) is 1. The summed E-state index contributed by atoms with van der Waals surface area (Å²) in [5, 5.41) is 9.38. The van der Waals surface area contributed by atoms with Gasteiger partial charge in [0.15, 0.2) is 11.3 Å². The zero-order chi connectivity index (χ0) is 22.5. The average Bonchev–Trinajstić information content (AvgIpc) is 3.39. The SMILES string of the molecule is C[C@@H]1C[C@H](c2c[nH]nc2F)CN(C2(c3cnc4cnc(C(F)(F)F)cn34)N=CC=CN2)C1. The molecule has 5 heterocycles. The van der Waals surface area contributed by atoms with Crippen LogP contribution in [0.2, 0.25) is 0 Å². The molecule has 12 heteroatoms. The van der Waals surface area contributed by atoms with E-state index in [2.05, 4.69) is 30.5 Å². The summed E-state index contributed by atoms with van der Waals surface area (Å²) in [5.41, 5.74) is 0.122. The molecule has 0 aliphatic carbocycles. The first-order valence-electron chi connectivity index (χ1n) is 10.1. The van der Waals surface area contributed by atoms with Crippen LogP contribution < -0.4 is 5.32 Å². The molecule has 3 aromatic rings. The average molecular weight is 448 g/mol. The van der Waals surface area contributed by atoms with Crippen LogP contribution in [0.25, 0.3) is 5.65 Å². The van der Waals surface area contributed by atoms with Gasteiger partial charge in [0.25, 0.3) is 0 Å². The third-order valence-electron chi connectivity index (χ3n) is 5.95. The van der Waals surface area contributed by atoms with E-state index in [4.69, 9.17) is 0 Å². The van der Waals surface area contributed by atoms with Gasteiger partial charge in [-0.25, -0.2) is 15.0 Å². The number of H-pyrrole nitrogens is 1. The molecule has 3 aromatic heterocycles. The van der Waals surface area contributed by atoms with Gasteiger partial charge in [0, 0.05) is 49.4 Å². The van der Waals surface area contributed by atoms with Gasteiger partial charge in [-0.3, -0.25) is 14.4 Å². The van der Waals surface area contributed by atoms with Crippen molar-refractivity contribution < 1.29 is 17.6 Å². The predicted octanol–water partition coefficient (Wildman–Crippen LogP) is 3.03. The molecule has 0 bridgehead atoms. The first-order chi connectivity index (χ1) is 15.3. The number of hydrogen-bond acceptors (Lipinski definition) is 6. The second kappa shape index (κ2) is 7.40. The van der Waals surface area contributed by atoms with Gasteiger partial charge < -0.3 is 5.32 Å². The topological polar surface area (TPSA) is 86.5 Å². The standard InChI is InChI=1S/C20H20F4N8/c1-12-5-13(14-6-29-30-18(14)21)10-31(9-12)20(27-3-2-4-28-20)16-7-26-17-8-25-15(11-32(16)17)19(22,23)24/h2-4,6-8,11-13,27H,5,9-10H2,1H3,(H,29,30)/t12-,13+,20?/m1/s1. The minimum absolute atomic E-state index is 0.163. The zero-order valence-corrected chi connectivity index (χ0v) is 17.0. The largest absolute Gasteiger partial charge is 0.434 e. The second-order valence-electron chi connectivity index (χ2n) is 8.17. The summed E-state index contributed by atoms with van der Waals surface area (Å²) in [5.74, 6) is -1.75. The van der Waals surface area contributed by atoms with E-state index >= 15 is 0 Å². The summed E-state index contributed by atoms with van der Waals surface area (Å²) in [4.78, 5) is 14.4. The molecule has 8 nitrogen and oxygen atoms in total.